The number of benzene rings is 1. The van der Waals surface area contributed by atoms with Crippen molar-refractivity contribution in [2.24, 2.45) is 0 Å². The molecule has 3 N–H and O–H groups in total. The van der Waals surface area contributed by atoms with E-state index >= 15 is 0 Å². The van der Waals surface area contributed by atoms with Crippen LogP contribution in [0.1, 0.15) is 12.5 Å². The fourth-order valence-corrected chi connectivity index (χ4v) is 1.74. The van der Waals surface area contributed by atoms with Gasteiger partial charge in [0.05, 0.1) is 6.20 Å². The third-order valence-corrected chi connectivity index (χ3v) is 2.88. The molecular weight excluding hydrogens is 254 g/mol. The van der Waals surface area contributed by atoms with E-state index in [-0.39, 0.29) is 6.03 Å². The number of aromatic nitrogens is 2. The molecule has 1 heterocycles. The zero-order valence-electron chi connectivity index (χ0n) is 11.7. The lowest BCUT2D eigenvalue weighted by Gasteiger charge is -2.07. The number of hydrogen-bond donors (Lipinski definition) is 3. The summed E-state index contributed by atoms with van der Waals surface area (Å²) in [6.07, 6.45) is 3.88. The first-order valence-corrected chi connectivity index (χ1v) is 6.55. The Labute approximate surface area is 118 Å². The molecule has 1 aromatic heterocycles. The van der Waals surface area contributed by atoms with Gasteiger partial charge in [-0.05, 0) is 31.2 Å². The number of aryl methyl sites for hydroxylation is 1. The van der Waals surface area contributed by atoms with Crippen LogP contribution in [0.5, 0.6) is 0 Å². The van der Waals surface area contributed by atoms with Crippen molar-refractivity contribution in [3.63, 3.8) is 0 Å². The number of carbonyl (C=O) groups is 1. The van der Waals surface area contributed by atoms with Gasteiger partial charge in [-0.2, -0.15) is 5.10 Å². The van der Waals surface area contributed by atoms with Gasteiger partial charge in [0.2, 0.25) is 0 Å². The van der Waals surface area contributed by atoms with Crippen LogP contribution in [0.15, 0.2) is 36.7 Å². The van der Waals surface area contributed by atoms with Crippen LogP contribution in [-0.4, -0.2) is 22.9 Å². The van der Waals surface area contributed by atoms with Crippen LogP contribution in [0, 0.1) is 0 Å². The lowest BCUT2D eigenvalue weighted by Crippen LogP contribution is -2.24. The normalized spacial score (nSPS) is 10.1. The minimum Gasteiger partial charge on any atom is -0.381 e. The standard InChI is InChI=1S/C14H19N5O/c1-3-19-10-11(9-17-19)8-16-12-4-6-13(7-5-12)18-14(20)15-2/h4-7,9-10,16H,3,8H2,1-2H3,(H2,15,18,20). The maximum absolute atomic E-state index is 11.2. The van der Waals surface area contributed by atoms with E-state index in [0.29, 0.717) is 0 Å². The lowest BCUT2D eigenvalue weighted by atomic mass is 10.2. The van der Waals surface area contributed by atoms with Crippen LogP contribution in [0.2, 0.25) is 0 Å². The average Bonchev–Trinajstić information content (AvgIpc) is 2.94. The molecule has 6 nitrogen and oxygen atoms in total. The van der Waals surface area contributed by atoms with Crippen LogP contribution in [0.3, 0.4) is 0 Å². The Balaban J connectivity index is 1.88. The second-order valence-corrected chi connectivity index (χ2v) is 4.34. The third kappa shape index (κ3) is 3.74. The summed E-state index contributed by atoms with van der Waals surface area (Å²) in [6.45, 7) is 3.66. The Morgan fingerprint density at radius 2 is 1.95 bits per heavy atom. The van der Waals surface area contributed by atoms with Crippen LogP contribution in [-0.2, 0) is 13.1 Å². The minimum absolute atomic E-state index is 0.224. The Kier molecular flexibility index (Phi) is 4.60. The first-order chi connectivity index (χ1) is 9.71. The minimum atomic E-state index is -0.224. The maximum atomic E-state index is 11.2. The summed E-state index contributed by atoms with van der Waals surface area (Å²) in [4.78, 5) is 11.2. The van der Waals surface area contributed by atoms with Crippen molar-refractivity contribution in [2.75, 3.05) is 17.7 Å². The highest BCUT2D eigenvalue weighted by Crippen LogP contribution is 2.14. The van der Waals surface area contributed by atoms with E-state index in [4.69, 9.17) is 0 Å². The fraction of sp³-hybridized carbons (Fsp3) is 0.286. The summed E-state index contributed by atoms with van der Waals surface area (Å²) in [5, 5.41) is 12.8. The summed E-state index contributed by atoms with van der Waals surface area (Å²) < 4.78 is 1.90. The van der Waals surface area contributed by atoms with Crippen molar-refractivity contribution in [3.05, 3.63) is 42.2 Å². The molecule has 20 heavy (non-hydrogen) atoms. The first kappa shape index (κ1) is 13.9. The third-order valence-electron chi connectivity index (χ3n) is 2.88. The van der Waals surface area contributed by atoms with Gasteiger partial charge in [-0.1, -0.05) is 0 Å². The van der Waals surface area contributed by atoms with Gasteiger partial charge in [0.1, 0.15) is 0 Å². The van der Waals surface area contributed by atoms with E-state index in [2.05, 4.69) is 28.0 Å². The highest BCUT2D eigenvalue weighted by atomic mass is 16.2. The summed E-state index contributed by atoms with van der Waals surface area (Å²) in [5.74, 6) is 0. The zero-order chi connectivity index (χ0) is 14.4. The van der Waals surface area contributed by atoms with Gasteiger partial charge in [0.25, 0.3) is 0 Å². The van der Waals surface area contributed by atoms with Crippen LogP contribution in [0.25, 0.3) is 0 Å². The van der Waals surface area contributed by atoms with Gasteiger partial charge in [-0.3, -0.25) is 4.68 Å². The molecule has 0 aliphatic carbocycles. The molecule has 0 atom stereocenters. The Hall–Kier alpha value is -2.50. The molecule has 0 radical (unpaired) electrons. The molecule has 1 aromatic carbocycles. The smallest absolute Gasteiger partial charge is 0.318 e. The molecule has 0 aliphatic heterocycles. The van der Waals surface area contributed by atoms with E-state index in [0.717, 1.165) is 30.0 Å². The monoisotopic (exact) mass is 273 g/mol. The zero-order valence-corrected chi connectivity index (χ0v) is 11.7. The number of nitrogens with zero attached hydrogens (tertiary/aromatic N) is 2. The van der Waals surface area contributed by atoms with Gasteiger partial charge in [0.15, 0.2) is 0 Å². The van der Waals surface area contributed by atoms with Crippen molar-refractivity contribution >= 4 is 17.4 Å². The number of urea groups is 1. The van der Waals surface area contributed by atoms with E-state index in [1.807, 2.05) is 41.3 Å². The number of carbonyl (C=O) groups excluding carboxylic acids is 1. The van der Waals surface area contributed by atoms with E-state index in [9.17, 15) is 4.79 Å². The summed E-state index contributed by atoms with van der Waals surface area (Å²) in [7, 11) is 1.59. The number of anilines is 2. The largest absolute Gasteiger partial charge is 0.381 e. The molecule has 0 spiro atoms. The predicted octanol–water partition coefficient (Wildman–Crippen LogP) is 2.27. The Morgan fingerprint density at radius 1 is 1.25 bits per heavy atom. The van der Waals surface area contributed by atoms with Gasteiger partial charge >= 0.3 is 6.03 Å². The van der Waals surface area contributed by atoms with Crippen LogP contribution < -0.4 is 16.0 Å². The van der Waals surface area contributed by atoms with Gasteiger partial charge in [-0.25, -0.2) is 4.79 Å². The molecule has 2 aromatic rings. The maximum Gasteiger partial charge on any atom is 0.318 e. The summed E-state index contributed by atoms with van der Waals surface area (Å²) >= 11 is 0. The van der Waals surface area contributed by atoms with Crippen molar-refractivity contribution in [2.45, 2.75) is 20.0 Å². The number of hydrogen-bond acceptors (Lipinski definition) is 3. The highest BCUT2D eigenvalue weighted by Gasteiger charge is 2.00. The fourth-order valence-electron chi connectivity index (χ4n) is 1.74. The van der Waals surface area contributed by atoms with Crippen molar-refractivity contribution < 1.29 is 4.79 Å². The number of amides is 2. The first-order valence-electron chi connectivity index (χ1n) is 6.55. The second-order valence-electron chi connectivity index (χ2n) is 4.34. The Morgan fingerprint density at radius 3 is 2.55 bits per heavy atom. The van der Waals surface area contributed by atoms with Gasteiger partial charge in [0, 0.05) is 43.3 Å². The second kappa shape index (κ2) is 6.60. The molecule has 0 saturated carbocycles. The Bertz CT molecular complexity index is 561. The van der Waals surface area contributed by atoms with Gasteiger partial charge < -0.3 is 16.0 Å². The molecule has 0 saturated heterocycles. The van der Waals surface area contributed by atoms with E-state index in [1.54, 1.807) is 7.05 Å². The van der Waals surface area contributed by atoms with E-state index in [1.165, 1.54) is 0 Å². The molecule has 0 bridgehead atoms. The van der Waals surface area contributed by atoms with Crippen molar-refractivity contribution in [1.29, 1.82) is 0 Å². The van der Waals surface area contributed by atoms with Crippen molar-refractivity contribution in [3.8, 4) is 0 Å². The van der Waals surface area contributed by atoms with Gasteiger partial charge in [-0.15, -0.1) is 0 Å². The van der Waals surface area contributed by atoms with Crippen LogP contribution >= 0.6 is 0 Å². The lowest BCUT2D eigenvalue weighted by molar-refractivity contribution is 0.254. The molecule has 2 rings (SSSR count). The molecule has 106 valence electrons. The molecular formula is C14H19N5O. The summed E-state index contributed by atoms with van der Waals surface area (Å²) in [5.41, 5.74) is 2.89. The highest BCUT2D eigenvalue weighted by molar-refractivity contribution is 5.89. The number of rotatable bonds is 5. The van der Waals surface area contributed by atoms with Crippen molar-refractivity contribution in [1.82, 2.24) is 15.1 Å². The molecule has 2 amide bonds. The topological polar surface area (TPSA) is 71.0 Å². The van der Waals surface area contributed by atoms with Crippen LogP contribution in [0.4, 0.5) is 16.2 Å². The quantitative estimate of drug-likeness (QED) is 0.782. The SMILES string of the molecule is CCn1cc(CNc2ccc(NC(=O)NC)cc2)cn1. The molecule has 0 fully saturated rings. The molecule has 0 aliphatic rings. The average molecular weight is 273 g/mol. The van der Waals surface area contributed by atoms with E-state index < -0.39 is 0 Å². The molecule has 0 unspecified atom stereocenters. The number of nitrogens with one attached hydrogen (secondary N) is 3. The predicted molar refractivity (Wildman–Crippen MR) is 79.7 cm³/mol. The summed E-state index contributed by atoms with van der Waals surface area (Å²) in [6, 6.07) is 7.34. The molecule has 6 heteroatoms.